The van der Waals surface area contributed by atoms with Crippen LogP contribution in [0.5, 0.6) is 0 Å². The first-order valence-corrected chi connectivity index (χ1v) is 8.69. The molecule has 9 heteroatoms. The topological polar surface area (TPSA) is 128 Å². The SMILES string of the molecule is CC(C)C[C@H](NC(=O)N1CC(=O)Nc2ccccc21)C(=O)N[C@@H](C)C(=O)O. The van der Waals surface area contributed by atoms with Crippen LogP contribution in [0.2, 0.25) is 0 Å². The minimum absolute atomic E-state index is 0.0816. The molecule has 2 atom stereocenters. The first kappa shape index (κ1) is 20.2. The second-order valence-electron chi connectivity index (χ2n) is 6.85. The van der Waals surface area contributed by atoms with Gasteiger partial charge in [-0.25, -0.2) is 4.79 Å². The number of aliphatic carboxylic acids is 1. The van der Waals surface area contributed by atoms with E-state index in [9.17, 15) is 19.2 Å². The van der Waals surface area contributed by atoms with Crippen molar-refractivity contribution in [1.29, 1.82) is 0 Å². The van der Waals surface area contributed by atoms with Crippen molar-refractivity contribution >= 4 is 35.2 Å². The number of hydrogen-bond acceptors (Lipinski definition) is 4. The van der Waals surface area contributed by atoms with E-state index in [1.807, 2.05) is 13.8 Å². The van der Waals surface area contributed by atoms with Gasteiger partial charge in [0.05, 0.1) is 11.4 Å². The number of carboxylic acids is 1. The summed E-state index contributed by atoms with van der Waals surface area (Å²) in [6.07, 6.45) is 0.325. The molecule has 1 heterocycles. The summed E-state index contributed by atoms with van der Waals surface area (Å²) in [5.74, 6) is -2.01. The van der Waals surface area contributed by atoms with Gasteiger partial charge in [-0.05, 0) is 31.4 Å². The molecule has 4 N–H and O–H groups in total. The third kappa shape index (κ3) is 5.19. The second kappa shape index (κ2) is 8.52. The highest BCUT2D eigenvalue weighted by Gasteiger charge is 2.31. The van der Waals surface area contributed by atoms with Crippen LogP contribution >= 0.6 is 0 Å². The molecule has 1 aromatic rings. The number of para-hydroxylation sites is 2. The number of hydrogen-bond donors (Lipinski definition) is 4. The summed E-state index contributed by atoms with van der Waals surface area (Å²) in [5.41, 5.74) is 1.03. The third-order valence-electron chi connectivity index (χ3n) is 4.07. The molecule has 4 amide bonds. The third-order valence-corrected chi connectivity index (χ3v) is 4.07. The van der Waals surface area contributed by atoms with Gasteiger partial charge in [-0.15, -0.1) is 0 Å². The van der Waals surface area contributed by atoms with E-state index in [0.29, 0.717) is 17.8 Å². The van der Waals surface area contributed by atoms with Gasteiger partial charge in [-0.2, -0.15) is 0 Å². The maximum absolute atomic E-state index is 12.8. The Kier molecular flexibility index (Phi) is 6.38. The predicted octanol–water partition coefficient (Wildman–Crippen LogP) is 1.16. The molecule has 146 valence electrons. The summed E-state index contributed by atoms with van der Waals surface area (Å²) >= 11 is 0. The average Bonchev–Trinajstić information content (AvgIpc) is 2.59. The Morgan fingerprint density at radius 1 is 1.19 bits per heavy atom. The summed E-state index contributed by atoms with van der Waals surface area (Å²) in [4.78, 5) is 49.3. The molecule has 0 unspecified atom stereocenters. The Morgan fingerprint density at radius 2 is 1.85 bits per heavy atom. The minimum atomic E-state index is -1.17. The zero-order chi connectivity index (χ0) is 20.1. The van der Waals surface area contributed by atoms with E-state index in [1.165, 1.54) is 11.8 Å². The van der Waals surface area contributed by atoms with Crippen LogP contribution < -0.4 is 20.9 Å². The molecule has 1 aliphatic rings. The van der Waals surface area contributed by atoms with Crippen LogP contribution in [0, 0.1) is 5.92 Å². The van der Waals surface area contributed by atoms with Gasteiger partial charge in [-0.3, -0.25) is 19.3 Å². The zero-order valence-electron chi connectivity index (χ0n) is 15.5. The number of nitrogens with zero attached hydrogens (tertiary/aromatic N) is 1. The van der Waals surface area contributed by atoms with Gasteiger partial charge in [0.15, 0.2) is 0 Å². The number of carboxylic acid groups (broad SMARTS) is 1. The molecule has 0 fully saturated rings. The molecular formula is C18H24N4O5. The standard InChI is InChI=1S/C18H24N4O5/c1-10(2)8-13(16(24)19-11(3)17(25)26)21-18(27)22-9-15(23)20-12-6-4-5-7-14(12)22/h4-7,10-11,13H,8-9H2,1-3H3,(H,19,24)(H,20,23)(H,21,27)(H,25,26)/t11-,13-/m0/s1. The molecule has 27 heavy (non-hydrogen) atoms. The number of rotatable bonds is 6. The average molecular weight is 376 g/mol. The summed E-state index contributed by atoms with van der Waals surface area (Å²) in [5, 5.41) is 16.6. The molecule has 0 spiro atoms. The van der Waals surface area contributed by atoms with Gasteiger partial charge in [-0.1, -0.05) is 26.0 Å². The number of amides is 4. The van der Waals surface area contributed by atoms with Crippen LogP contribution in [0.25, 0.3) is 0 Å². The minimum Gasteiger partial charge on any atom is -0.480 e. The highest BCUT2D eigenvalue weighted by atomic mass is 16.4. The second-order valence-corrected chi connectivity index (χ2v) is 6.85. The molecule has 0 radical (unpaired) electrons. The van der Waals surface area contributed by atoms with E-state index in [2.05, 4.69) is 16.0 Å². The van der Waals surface area contributed by atoms with Gasteiger partial charge in [0.2, 0.25) is 11.8 Å². The Bertz CT molecular complexity index is 749. The van der Waals surface area contributed by atoms with Crippen LogP contribution in [0.4, 0.5) is 16.2 Å². The lowest BCUT2D eigenvalue weighted by Gasteiger charge is -2.31. The Hall–Kier alpha value is -3.10. The molecular weight excluding hydrogens is 352 g/mol. The number of nitrogens with one attached hydrogen (secondary N) is 3. The highest BCUT2D eigenvalue weighted by Crippen LogP contribution is 2.28. The van der Waals surface area contributed by atoms with Gasteiger partial charge >= 0.3 is 12.0 Å². The van der Waals surface area contributed by atoms with E-state index in [1.54, 1.807) is 24.3 Å². The molecule has 0 bridgehead atoms. The van der Waals surface area contributed by atoms with Crippen LogP contribution in [-0.2, 0) is 14.4 Å². The van der Waals surface area contributed by atoms with E-state index in [0.717, 1.165) is 0 Å². The number of carbonyl (C=O) groups is 4. The van der Waals surface area contributed by atoms with Crippen molar-refractivity contribution in [3.8, 4) is 0 Å². The number of anilines is 2. The summed E-state index contributed by atoms with van der Waals surface area (Å²) in [7, 11) is 0. The smallest absolute Gasteiger partial charge is 0.325 e. The van der Waals surface area contributed by atoms with Crippen molar-refractivity contribution in [3.05, 3.63) is 24.3 Å². The fourth-order valence-electron chi connectivity index (χ4n) is 2.72. The van der Waals surface area contributed by atoms with Gasteiger partial charge in [0.1, 0.15) is 18.6 Å². The molecule has 0 saturated heterocycles. The fraction of sp³-hybridized carbons (Fsp3) is 0.444. The predicted molar refractivity (Wildman–Crippen MR) is 99.4 cm³/mol. The van der Waals surface area contributed by atoms with E-state index in [-0.39, 0.29) is 18.4 Å². The monoisotopic (exact) mass is 376 g/mol. The Morgan fingerprint density at radius 3 is 2.48 bits per heavy atom. The lowest BCUT2D eigenvalue weighted by molar-refractivity contribution is -0.141. The Balaban J connectivity index is 2.17. The number of fused-ring (bicyclic) bond motifs is 1. The summed E-state index contributed by atoms with van der Waals surface area (Å²) in [6.45, 7) is 4.94. The van der Waals surface area contributed by atoms with Crippen molar-refractivity contribution in [2.24, 2.45) is 5.92 Å². The van der Waals surface area contributed by atoms with Gasteiger partial charge in [0.25, 0.3) is 0 Å². The van der Waals surface area contributed by atoms with Crippen LogP contribution in [0.1, 0.15) is 27.2 Å². The van der Waals surface area contributed by atoms with Crippen molar-refractivity contribution < 1.29 is 24.3 Å². The lowest BCUT2D eigenvalue weighted by Crippen LogP contribution is -2.55. The maximum atomic E-state index is 12.8. The molecule has 1 aliphatic heterocycles. The highest BCUT2D eigenvalue weighted by molar-refractivity contribution is 6.10. The zero-order valence-corrected chi connectivity index (χ0v) is 15.5. The first-order chi connectivity index (χ1) is 12.7. The maximum Gasteiger partial charge on any atom is 0.325 e. The summed E-state index contributed by atoms with van der Waals surface area (Å²) < 4.78 is 0. The molecule has 0 aromatic heterocycles. The molecule has 0 aliphatic carbocycles. The van der Waals surface area contributed by atoms with Crippen molar-refractivity contribution in [2.45, 2.75) is 39.3 Å². The van der Waals surface area contributed by atoms with Gasteiger partial charge < -0.3 is 21.1 Å². The van der Waals surface area contributed by atoms with Crippen LogP contribution in [0.15, 0.2) is 24.3 Å². The van der Waals surface area contributed by atoms with Crippen molar-refractivity contribution in [3.63, 3.8) is 0 Å². The molecule has 0 saturated carbocycles. The molecule has 9 nitrogen and oxygen atoms in total. The number of carbonyl (C=O) groups excluding carboxylic acids is 3. The first-order valence-electron chi connectivity index (χ1n) is 8.69. The van der Waals surface area contributed by atoms with E-state index in [4.69, 9.17) is 5.11 Å². The molecule has 1 aromatic carbocycles. The molecule has 2 rings (SSSR count). The van der Waals surface area contributed by atoms with E-state index >= 15 is 0 Å². The van der Waals surface area contributed by atoms with E-state index < -0.39 is 30.0 Å². The van der Waals surface area contributed by atoms with Crippen LogP contribution in [0.3, 0.4) is 0 Å². The number of urea groups is 1. The van der Waals surface area contributed by atoms with Crippen LogP contribution in [-0.4, -0.2) is 47.5 Å². The van der Waals surface area contributed by atoms with Crippen molar-refractivity contribution in [1.82, 2.24) is 10.6 Å². The quantitative estimate of drug-likeness (QED) is 0.592. The van der Waals surface area contributed by atoms with Gasteiger partial charge in [0, 0.05) is 0 Å². The Labute approximate surface area is 157 Å². The lowest BCUT2D eigenvalue weighted by atomic mass is 10.0. The normalized spacial score (nSPS) is 15.4. The van der Waals surface area contributed by atoms with Crippen molar-refractivity contribution in [2.75, 3.05) is 16.8 Å². The summed E-state index contributed by atoms with van der Waals surface area (Å²) in [6, 6.07) is 4.26. The fourth-order valence-corrected chi connectivity index (χ4v) is 2.72. The largest absolute Gasteiger partial charge is 0.480 e. The number of benzene rings is 1.